The molecular weight excluding hydrogens is 180 g/mol. The molecule has 0 radical (unpaired) electrons. The van der Waals surface area contributed by atoms with Crippen LogP contribution in [0.2, 0.25) is 0 Å². The highest BCUT2D eigenvalue weighted by atomic mass is 32.2. The molecule has 0 saturated carbocycles. The number of hydrogen-bond donors (Lipinski definition) is 2. The molecule has 0 spiro atoms. The number of H-pyrrole nitrogens is 1. The largest absolute Gasteiger partial charge is 0.346 e. The van der Waals surface area contributed by atoms with Crippen LogP contribution in [-0.2, 0) is 16.5 Å². The van der Waals surface area contributed by atoms with Crippen LogP contribution in [0.1, 0.15) is 11.5 Å². The van der Waals surface area contributed by atoms with Gasteiger partial charge in [0.2, 0.25) is 0 Å². The summed E-state index contributed by atoms with van der Waals surface area (Å²) in [5, 5.41) is 0. The fourth-order valence-electron chi connectivity index (χ4n) is 0.838. The van der Waals surface area contributed by atoms with Crippen LogP contribution in [-0.4, -0.2) is 28.7 Å². The maximum Gasteiger partial charge on any atom is 0.265 e. The molecule has 0 atom stereocenters. The molecule has 0 aliphatic heterocycles. The smallest absolute Gasteiger partial charge is 0.265 e. The number of rotatable bonds is 3. The van der Waals surface area contributed by atoms with Gasteiger partial charge in [-0.1, -0.05) is 0 Å². The topological polar surface area (TPSA) is 83.1 Å². The van der Waals surface area contributed by atoms with Crippen molar-refractivity contribution in [3.63, 3.8) is 0 Å². The molecule has 1 aromatic heterocycles. The molecule has 68 valence electrons. The second kappa shape index (κ2) is 3.24. The number of imidazole rings is 1. The standard InChI is InChI=1S/C6H10N2O3S/c1-5-7-4-6(8-5)2-3-12(9,10)11/h4H,2-3H2,1H3,(H,7,8)(H,9,10,11). The summed E-state index contributed by atoms with van der Waals surface area (Å²) in [4.78, 5) is 6.75. The fraction of sp³-hybridized carbons (Fsp3) is 0.500. The van der Waals surface area contributed by atoms with E-state index < -0.39 is 10.1 Å². The van der Waals surface area contributed by atoms with Crippen LogP contribution in [0.5, 0.6) is 0 Å². The molecule has 12 heavy (non-hydrogen) atoms. The monoisotopic (exact) mass is 190 g/mol. The quantitative estimate of drug-likeness (QED) is 0.664. The van der Waals surface area contributed by atoms with Gasteiger partial charge in [-0.25, -0.2) is 4.98 Å². The van der Waals surface area contributed by atoms with Crippen LogP contribution < -0.4 is 0 Å². The molecule has 5 nitrogen and oxygen atoms in total. The van der Waals surface area contributed by atoms with Crippen molar-refractivity contribution in [2.24, 2.45) is 0 Å². The lowest BCUT2D eigenvalue weighted by Crippen LogP contribution is -2.06. The molecule has 1 rings (SSSR count). The third-order valence-corrected chi connectivity index (χ3v) is 2.10. The van der Waals surface area contributed by atoms with Gasteiger partial charge in [-0.3, -0.25) is 4.55 Å². The Bertz CT molecular complexity index is 355. The summed E-state index contributed by atoms with van der Waals surface area (Å²) < 4.78 is 29.1. The molecule has 1 heterocycles. The molecule has 0 fully saturated rings. The van der Waals surface area contributed by atoms with Crippen LogP contribution in [0.4, 0.5) is 0 Å². The fourth-order valence-corrected chi connectivity index (χ4v) is 1.32. The van der Waals surface area contributed by atoms with E-state index in [-0.39, 0.29) is 12.2 Å². The molecular formula is C6H10N2O3S. The average molecular weight is 190 g/mol. The van der Waals surface area contributed by atoms with Crippen LogP contribution in [0.25, 0.3) is 0 Å². The number of hydrogen-bond acceptors (Lipinski definition) is 3. The Labute approximate surface area is 70.6 Å². The van der Waals surface area contributed by atoms with Gasteiger partial charge in [0.05, 0.1) is 5.75 Å². The minimum atomic E-state index is -3.86. The number of aryl methyl sites for hydroxylation is 2. The van der Waals surface area contributed by atoms with E-state index in [1.165, 1.54) is 0 Å². The Balaban J connectivity index is 2.55. The van der Waals surface area contributed by atoms with E-state index in [2.05, 4.69) is 9.97 Å². The van der Waals surface area contributed by atoms with Crippen LogP contribution in [0.3, 0.4) is 0 Å². The zero-order valence-corrected chi connectivity index (χ0v) is 7.43. The van der Waals surface area contributed by atoms with E-state index in [1.807, 2.05) is 0 Å². The Kier molecular flexibility index (Phi) is 2.49. The van der Waals surface area contributed by atoms with E-state index in [0.717, 1.165) is 5.82 Å². The van der Waals surface area contributed by atoms with Gasteiger partial charge in [-0.05, 0) is 6.92 Å². The zero-order chi connectivity index (χ0) is 9.19. The lowest BCUT2D eigenvalue weighted by atomic mass is 10.4. The summed E-state index contributed by atoms with van der Waals surface area (Å²) in [6.45, 7) is 1.77. The van der Waals surface area contributed by atoms with Crippen molar-refractivity contribution < 1.29 is 13.0 Å². The van der Waals surface area contributed by atoms with E-state index in [0.29, 0.717) is 5.69 Å². The molecule has 0 amide bonds. The first-order valence-electron chi connectivity index (χ1n) is 3.43. The lowest BCUT2D eigenvalue weighted by Gasteiger charge is -1.93. The number of aromatic nitrogens is 2. The third kappa shape index (κ3) is 3.02. The highest BCUT2D eigenvalue weighted by molar-refractivity contribution is 7.85. The Hall–Kier alpha value is -0.880. The van der Waals surface area contributed by atoms with Gasteiger partial charge in [0.1, 0.15) is 5.82 Å². The maximum atomic E-state index is 10.3. The third-order valence-electron chi connectivity index (χ3n) is 1.38. The summed E-state index contributed by atoms with van der Waals surface area (Å²) in [7, 11) is -3.86. The van der Waals surface area contributed by atoms with Gasteiger partial charge in [-0.15, -0.1) is 0 Å². The predicted octanol–water partition coefficient (Wildman–Crippen LogP) is 0.148. The normalized spacial score (nSPS) is 11.8. The second-order valence-electron chi connectivity index (χ2n) is 2.53. The molecule has 0 aliphatic carbocycles. The van der Waals surface area contributed by atoms with Crippen molar-refractivity contribution in [3.05, 3.63) is 17.7 Å². The molecule has 0 saturated heterocycles. The van der Waals surface area contributed by atoms with Crippen molar-refractivity contribution in [2.75, 3.05) is 5.75 Å². The molecule has 0 bridgehead atoms. The summed E-state index contributed by atoms with van der Waals surface area (Å²) in [5.41, 5.74) is 0.713. The minimum Gasteiger partial charge on any atom is -0.346 e. The number of nitrogens with one attached hydrogen (secondary N) is 1. The molecule has 1 aromatic rings. The van der Waals surface area contributed by atoms with Crippen LogP contribution in [0, 0.1) is 6.92 Å². The summed E-state index contributed by atoms with van der Waals surface area (Å²) in [5.74, 6) is 0.467. The number of nitrogens with zero attached hydrogens (tertiary/aromatic N) is 1. The Morgan fingerprint density at radius 3 is 2.75 bits per heavy atom. The highest BCUT2D eigenvalue weighted by Crippen LogP contribution is 1.98. The predicted molar refractivity (Wildman–Crippen MR) is 43.4 cm³/mol. The highest BCUT2D eigenvalue weighted by Gasteiger charge is 2.05. The average Bonchev–Trinajstić information content (AvgIpc) is 2.30. The molecule has 0 aromatic carbocycles. The first kappa shape index (κ1) is 9.21. The van der Waals surface area contributed by atoms with Crippen LogP contribution >= 0.6 is 0 Å². The first-order valence-corrected chi connectivity index (χ1v) is 5.04. The van der Waals surface area contributed by atoms with E-state index >= 15 is 0 Å². The van der Waals surface area contributed by atoms with Gasteiger partial charge in [-0.2, -0.15) is 8.42 Å². The number of aromatic amines is 1. The van der Waals surface area contributed by atoms with Crippen molar-refractivity contribution >= 4 is 10.1 Å². The summed E-state index contributed by atoms with van der Waals surface area (Å²) in [6.07, 6.45) is 1.82. The minimum absolute atomic E-state index is 0.264. The van der Waals surface area contributed by atoms with E-state index in [4.69, 9.17) is 4.55 Å². The summed E-state index contributed by atoms with van der Waals surface area (Å²) in [6, 6.07) is 0. The van der Waals surface area contributed by atoms with Gasteiger partial charge < -0.3 is 4.98 Å². The van der Waals surface area contributed by atoms with E-state index in [1.54, 1.807) is 13.1 Å². The van der Waals surface area contributed by atoms with Crippen molar-refractivity contribution in [2.45, 2.75) is 13.3 Å². The molecule has 6 heteroatoms. The Morgan fingerprint density at radius 2 is 2.33 bits per heavy atom. The summed E-state index contributed by atoms with van der Waals surface area (Å²) >= 11 is 0. The maximum absolute atomic E-state index is 10.3. The molecule has 2 N–H and O–H groups in total. The second-order valence-corrected chi connectivity index (χ2v) is 4.10. The van der Waals surface area contributed by atoms with E-state index in [9.17, 15) is 8.42 Å². The molecule has 0 aliphatic rings. The SMILES string of the molecule is Cc1ncc(CCS(=O)(=O)O)[nH]1. The van der Waals surface area contributed by atoms with Crippen molar-refractivity contribution in [3.8, 4) is 0 Å². The first-order chi connectivity index (χ1) is 5.47. The van der Waals surface area contributed by atoms with Gasteiger partial charge in [0.25, 0.3) is 10.1 Å². The zero-order valence-electron chi connectivity index (χ0n) is 6.61. The van der Waals surface area contributed by atoms with Gasteiger partial charge >= 0.3 is 0 Å². The van der Waals surface area contributed by atoms with Gasteiger partial charge in [0.15, 0.2) is 0 Å². The van der Waals surface area contributed by atoms with Crippen LogP contribution in [0.15, 0.2) is 6.20 Å². The molecule has 0 unspecified atom stereocenters. The van der Waals surface area contributed by atoms with Crippen molar-refractivity contribution in [1.82, 2.24) is 9.97 Å². The Morgan fingerprint density at radius 1 is 1.67 bits per heavy atom. The van der Waals surface area contributed by atoms with Crippen molar-refractivity contribution in [1.29, 1.82) is 0 Å². The van der Waals surface area contributed by atoms with Gasteiger partial charge in [0, 0.05) is 18.3 Å². The lowest BCUT2D eigenvalue weighted by molar-refractivity contribution is 0.482.